The van der Waals surface area contributed by atoms with Crippen LogP contribution in [0.1, 0.15) is 37.3 Å². The lowest BCUT2D eigenvalue weighted by Gasteiger charge is -2.32. The van der Waals surface area contributed by atoms with Crippen LogP contribution in [0.15, 0.2) is 88.8 Å². The molecule has 0 bridgehead atoms. The maximum Gasteiger partial charge on any atom is 0.270 e. The van der Waals surface area contributed by atoms with Crippen molar-refractivity contribution in [2.75, 3.05) is 11.9 Å². The van der Waals surface area contributed by atoms with Gasteiger partial charge in [-0.2, -0.15) is 4.99 Å². The minimum atomic E-state index is -0.679. The van der Waals surface area contributed by atoms with Crippen LogP contribution >= 0.6 is 23.4 Å². The largest absolute Gasteiger partial charge is 0.356 e. The minimum absolute atomic E-state index is 0.125. The summed E-state index contributed by atoms with van der Waals surface area (Å²) in [6.45, 7) is 2.45. The lowest BCUT2D eigenvalue weighted by atomic mass is 10.1. The number of nitrogens with one attached hydrogen (secondary N) is 2. The Morgan fingerprint density at radius 1 is 1.00 bits per heavy atom. The molecule has 2 heterocycles. The quantitative estimate of drug-likeness (QED) is 0.322. The molecule has 0 spiro atoms. The summed E-state index contributed by atoms with van der Waals surface area (Å²) in [5, 5.41) is 6.51. The first kappa shape index (κ1) is 28.6. The van der Waals surface area contributed by atoms with Gasteiger partial charge in [0, 0.05) is 29.2 Å². The predicted octanol–water partition coefficient (Wildman–Crippen LogP) is 5.59. The van der Waals surface area contributed by atoms with Gasteiger partial charge in [-0.05, 0) is 61.2 Å². The second kappa shape index (κ2) is 13.1. The van der Waals surface area contributed by atoms with Gasteiger partial charge >= 0.3 is 0 Å². The van der Waals surface area contributed by atoms with Gasteiger partial charge in [0.05, 0.1) is 10.9 Å². The van der Waals surface area contributed by atoms with Crippen molar-refractivity contribution in [2.45, 2.75) is 43.9 Å². The first-order valence-electron chi connectivity index (χ1n) is 13.6. The van der Waals surface area contributed by atoms with Crippen LogP contribution in [0.4, 0.5) is 11.4 Å². The molecule has 3 amide bonds. The second-order valence-corrected chi connectivity index (χ2v) is 11.3. The zero-order valence-corrected chi connectivity index (χ0v) is 24.1. The van der Waals surface area contributed by atoms with Crippen LogP contribution in [0, 0.1) is 0 Å². The first-order chi connectivity index (χ1) is 19.9. The third kappa shape index (κ3) is 6.86. The molecule has 2 unspecified atom stereocenters. The Hall–Kier alpha value is -3.95. The van der Waals surface area contributed by atoms with E-state index in [-0.39, 0.29) is 30.6 Å². The van der Waals surface area contributed by atoms with Crippen molar-refractivity contribution in [3.63, 3.8) is 0 Å². The van der Waals surface area contributed by atoms with E-state index in [0.717, 1.165) is 17.5 Å². The number of anilines is 1. The van der Waals surface area contributed by atoms with E-state index in [2.05, 4.69) is 15.6 Å². The molecule has 3 aromatic carbocycles. The smallest absolute Gasteiger partial charge is 0.270 e. The fraction of sp³-hybridized carbons (Fsp3) is 0.258. The molecule has 210 valence electrons. The van der Waals surface area contributed by atoms with E-state index in [9.17, 15) is 14.4 Å². The highest BCUT2D eigenvalue weighted by Crippen LogP contribution is 2.37. The van der Waals surface area contributed by atoms with Crippen LogP contribution in [-0.2, 0) is 20.8 Å². The molecule has 0 fully saturated rings. The van der Waals surface area contributed by atoms with E-state index in [1.807, 2.05) is 61.5 Å². The zero-order chi connectivity index (χ0) is 28.8. The van der Waals surface area contributed by atoms with Crippen molar-refractivity contribution >= 4 is 63.5 Å². The summed E-state index contributed by atoms with van der Waals surface area (Å²) in [6.07, 6.45) is 1.71. The highest BCUT2D eigenvalue weighted by Gasteiger charge is 2.42. The van der Waals surface area contributed by atoms with Gasteiger partial charge in [0.1, 0.15) is 11.9 Å². The summed E-state index contributed by atoms with van der Waals surface area (Å²) in [6, 6.07) is 23.7. The fourth-order valence-corrected chi connectivity index (χ4v) is 5.90. The minimum Gasteiger partial charge on any atom is -0.356 e. The van der Waals surface area contributed by atoms with Crippen molar-refractivity contribution in [1.29, 1.82) is 0 Å². The van der Waals surface area contributed by atoms with E-state index >= 15 is 0 Å². The molecular weight excluding hydrogens is 558 g/mol. The SMILES string of the molecule is CCC(SC1=Nc2ccccc2C2=NC(=O)C(CCC(=O)NCCc3ccccc3)N12)C(=O)Nc1ccc(Cl)cc1. The van der Waals surface area contributed by atoms with E-state index in [1.54, 1.807) is 29.2 Å². The topological polar surface area (TPSA) is 103 Å². The van der Waals surface area contributed by atoms with Crippen LogP contribution in [0.3, 0.4) is 0 Å². The monoisotopic (exact) mass is 587 g/mol. The molecule has 2 aliphatic heterocycles. The zero-order valence-electron chi connectivity index (χ0n) is 22.5. The summed E-state index contributed by atoms with van der Waals surface area (Å²) < 4.78 is 0. The number of rotatable bonds is 10. The van der Waals surface area contributed by atoms with Gasteiger partial charge in [0.25, 0.3) is 5.91 Å². The van der Waals surface area contributed by atoms with Crippen LogP contribution in [0.25, 0.3) is 0 Å². The number of hydrogen-bond donors (Lipinski definition) is 2. The number of carbonyl (C=O) groups excluding carboxylic acids is 3. The van der Waals surface area contributed by atoms with Gasteiger partial charge in [-0.3, -0.25) is 19.3 Å². The average molecular weight is 588 g/mol. The molecule has 3 aromatic rings. The van der Waals surface area contributed by atoms with Crippen molar-refractivity contribution in [1.82, 2.24) is 10.2 Å². The number of carbonyl (C=O) groups is 3. The summed E-state index contributed by atoms with van der Waals surface area (Å²) in [4.78, 5) is 50.1. The first-order valence-corrected chi connectivity index (χ1v) is 14.8. The number of para-hydroxylation sites is 1. The van der Waals surface area contributed by atoms with Gasteiger partial charge in [-0.25, -0.2) is 4.99 Å². The Bertz CT molecular complexity index is 1490. The Kier molecular flexibility index (Phi) is 9.16. The number of thioether (sulfide) groups is 1. The number of fused-ring (bicyclic) bond motifs is 3. The highest BCUT2D eigenvalue weighted by atomic mass is 35.5. The van der Waals surface area contributed by atoms with E-state index < -0.39 is 11.3 Å². The van der Waals surface area contributed by atoms with Crippen LogP contribution in [0.2, 0.25) is 5.02 Å². The predicted molar refractivity (Wildman–Crippen MR) is 165 cm³/mol. The second-order valence-electron chi connectivity index (χ2n) is 9.71. The molecule has 0 saturated heterocycles. The number of amides is 3. The highest BCUT2D eigenvalue weighted by molar-refractivity contribution is 8.15. The molecule has 2 aliphatic rings. The van der Waals surface area contributed by atoms with E-state index in [0.29, 0.717) is 40.4 Å². The van der Waals surface area contributed by atoms with Crippen molar-refractivity contribution in [2.24, 2.45) is 9.98 Å². The fourth-order valence-electron chi connectivity index (χ4n) is 4.71. The molecule has 2 atom stereocenters. The molecule has 0 radical (unpaired) electrons. The molecule has 0 saturated carbocycles. The number of aliphatic imine (C=N–C) groups is 2. The molecule has 0 aromatic heterocycles. The third-order valence-corrected chi connectivity index (χ3v) is 8.44. The third-order valence-electron chi connectivity index (χ3n) is 6.85. The molecule has 0 aliphatic carbocycles. The summed E-state index contributed by atoms with van der Waals surface area (Å²) in [5.74, 6) is -0.120. The maximum atomic E-state index is 13.2. The standard InChI is InChI=1S/C31H30ClN5O3S/c1-2-26(30(40)34-22-14-12-21(32)13-15-22)41-31-35-24-11-7-6-10-23(24)28-36-29(39)25(37(28)31)16-17-27(38)33-19-18-20-8-4-3-5-9-20/h3-15,25-26H,2,16-19H2,1H3,(H,33,38)(H,34,40). The number of nitrogens with zero attached hydrogens (tertiary/aromatic N) is 3. The Balaban J connectivity index is 1.29. The lowest BCUT2D eigenvalue weighted by molar-refractivity contribution is -0.122. The van der Waals surface area contributed by atoms with Gasteiger partial charge in [-0.1, -0.05) is 72.8 Å². The Morgan fingerprint density at radius 2 is 1.73 bits per heavy atom. The summed E-state index contributed by atoms with van der Waals surface area (Å²) in [7, 11) is 0. The van der Waals surface area contributed by atoms with Crippen molar-refractivity contribution < 1.29 is 14.4 Å². The normalized spacial score (nSPS) is 16.3. The molecule has 8 nitrogen and oxygen atoms in total. The van der Waals surface area contributed by atoms with Crippen LogP contribution in [0.5, 0.6) is 0 Å². The number of benzene rings is 3. The Labute approximate surface area is 248 Å². The van der Waals surface area contributed by atoms with Crippen molar-refractivity contribution in [3.8, 4) is 0 Å². The maximum absolute atomic E-state index is 13.2. The average Bonchev–Trinajstić information content (AvgIpc) is 3.32. The molecule has 41 heavy (non-hydrogen) atoms. The Morgan fingerprint density at radius 3 is 2.49 bits per heavy atom. The van der Waals surface area contributed by atoms with Crippen molar-refractivity contribution in [3.05, 3.63) is 95.0 Å². The van der Waals surface area contributed by atoms with Crippen LogP contribution in [-0.4, -0.2) is 51.5 Å². The van der Waals surface area contributed by atoms with Gasteiger partial charge in [0.2, 0.25) is 11.8 Å². The molecule has 10 heteroatoms. The van der Waals surface area contributed by atoms with E-state index in [1.165, 1.54) is 11.8 Å². The molecule has 2 N–H and O–H groups in total. The van der Waals surface area contributed by atoms with Crippen LogP contribution < -0.4 is 10.6 Å². The molecule has 5 rings (SSSR count). The van der Waals surface area contributed by atoms with Gasteiger partial charge in [0.15, 0.2) is 5.17 Å². The molecular formula is C31H30ClN5O3S. The van der Waals surface area contributed by atoms with Gasteiger partial charge < -0.3 is 10.6 Å². The van der Waals surface area contributed by atoms with Gasteiger partial charge in [-0.15, -0.1) is 0 Å². The lowest BCUT2D eigenvalue weighted by Crippen LogP contribution is -2.45. The summed E-state index contributed by atoms with van der Waals surface area (Å²) >= 11 is 7.27. The number of halogens is 1. The summed E-state index contributed by atoms with van der Waals surface area (Å²) in [5.41, 5.74) is 3.22. The van der Waals surface area contributed by atoms with E-state index in [4.69, 9.17) is 16.6 Å². The number of hydrogen-bond acceptors (Lipinski definition) is 6. The number of amidine groups is 2.